The highest BCUT2D eigenvalue weighted by molar-refractivity contribution is 7.07. The van der Waals surface area contributed by atoms with Crippen LogP contribution in [0.1, 0.15) is 18.9 Å². The number of nitrogens with one attached hydrogen (secondary N) is 1. The summed E-state index contributed by atoms with van der Waals surface area (Å²) in [6, 6.07) is 7.58. The highest BCUT2D eigenvalue weighted by atomic mass is 32.1. The second kappa shape index (κ2) is 9.10. The molecule has 0 unspecified atom stereocenters. The van der Waals surface area contributed by atoms with Crippen LogP contribution in [-0.2, 0) is 16.0 Å². The van der Waals surface area contributed by atoms with E-state index in [1.54, 1.807) is 23.5 Å². The third kappa shape index (κ3) is 5.37. The van der Waals surface area contributed by atoms with Gasteiger partial charge < -0.3 is 10.2 Å². The number of nitrogens with zero attached hydrogens (tertiary/aromatic N) is 2. The van der Waals surface area contributed by atoms with Crippen molar-refractivity contribution < 1.29 is 14.0 Å². The average molecular weight is 389 g/mol. The Morgan fingerprint density at radius 2 is 2.00 bits per heavy atom. The summed E-state index contributed by atoms with van der Waals surface area (Å²) in [6.45, 7) is 4.40. The van der Waals surface area contributed by atoms with Gasteiger partial charge in [0.2, 0.25) is 11.8 Å². The Hall–Kier alpha value is -2.25. The number of carbonyl (C=O) groups excluding carboxylic acids is 2. The first-order chi connectivity index (χ1) is 13.0. The van der Waals surface area contributed by atoms with Gasteiger partial charge in [0.25, 0.3) is 0 Å². The van der Waals surface area contributed by atoms with Gasteiger partial charge in [-0.2, -0.15) is 11.3 Å². The highest BCUT2D eigenvalue weighted by Gasteiger charge is 2.27. The molecule has 1 aromatic heterocycles. The van der Waals surface area contributed by atoms with Crippen LogP contribution in [0.25, 0.3) is 0 Å². The lowest BCUT2D eigenvalue weighted by molar-refractivity contribution is -0.133. The minimum atomic E-state index is -0.380. The molecule has 7 heteroatoms. The van der Waals surface area contributed by atoms with Crippen molar-refractivity contribution in [2.24, 2.45) is 0 Å². The molecule has 0 radical (unpaired) electrons. The van der Waals surface area contributed by atoms with E-state index in [4.69, 9.17) is 0 Å². The van der Waals surface area contributed by atoms with E-state index in [1.165, 1.54) is 17.7 Å². The number of rotatable bonds is 6. The number of hydrogen-bond acceptors (Lipinski definition) is 4. The Morgan fingerprint density at radius 1 is 1.22 bits per heavy atom. The second-order valence-electron chi connectivity index (χ2n) is 6.72. The molecule has 3 rings (SSSR count). The third-order valence-electron chi connectivity index (χ3n) is 4.89. The van der Waals surface area contributed by atoms with Crippen LogP contribution in [0.2, 0.25) is 0 Å². The van der Waals surface area contributed by atoms with Crippen molar-refractivity contribution in [2.45, 2.75) is 25.8 Å². The first-order valence-corrected chi connectivity index (χ1v) is 10.1. The number of halogens is 1. The lowest BCUT2D eigenvalue weighted by Gasteiger charge is -2.37. The van der Waals surface area contributed by atoms with E-state index >= 15 is 0 Å². The highest BCUT2D eigenvalue weighted by Crippen LogP contribution is 2.14. The second-order valence-corrected chi connectivity index (χ2v) is 7.50. The maximum atomic E-state index is 13.2. The van der Waals surface area contributed by atoms with Gasteiger partial charge in [0.05, 0.1) is 6.04 Å². The van der Waals surface area contributed by atoms with Crippen molar-refractivity contribution in [1.29, 1.82) is 0 Å². The van der Waals surface area contributed by atoms with Crippen molar-refractivity contribution in [3.05, 3.63) is 52.5 Å². The van der Waals surface area contributed by atoms with E-state index < -0.39 is 0 Å². The van der Waals surface area contributed by atoms with Gasteiger partial charge in [-0.15, -0.1) is 0 Å². The number of piperazine rings is 1. The van der Waals surface area contributed by atoms with Crippen molar-refractivity contribution in [2.75, 3.05) is 31.5 Å². The van der Waals surface area contributed by atoms with Crippen LogP contribution in [0.4, 0.5) is 10.1 Å². The zero-order valence-corrected chi connectivity index (χ0v) is 16.2. The fraction of sp³-hybridized carbons (Fsp3) is 0.400. The van der Waals surface area contributed by atoms with Crippen LogP contribution in [0.3, 0.4) is 0 Å². The number of aryl methyl sites for hydroxylation is 1. The molecule has 0 bridgehead atoms. The van der Waals surface area contributed by atoms with E-state index in [-0.39, 0.29) is 23.7 Å². The summed E-state index contributed by atoms with van der Waals surface area (Å²) in [7, 11) is 0. The summed E-state index contributed by atoms with van der Waals surface area (Å²) in [5.74, 6) is -0.384. The standard InChI is InChI=1S/C20H24FN3O2S/c1-15(20(26)22-18-4-2-3-17(21)13-18)23-8-10-24(11-9-23)19(25)6-5-16-7-12-27-14-16/h2-4,7,12-15H,5-6,8-11H2,1H3,(H,22,26)/t15-/m1/s1. The van der Waals surface area contributed by atoms with Crippen molar-refractivity contribution in [3.63, 3.8) is 0 Å². The number of hydrogen-bond donors (Lipinski definition) is 1. The van der Waals surface area contributed by atoms with Crippen LogP contribution in [0.5, 0.6) is 0 Å². The van der Waals surface area contributed by atoms with Crippen LogP contribution in [0, 0.1) is 5.82 Å². The van der Waals surface area contributed by atoms with Gasteiger partial charge in [-0.05, 0) is 53.9 Å². The predicted molar refractivity (Wildman–Crippen MR) is 105 cm³/mol. The van der Waals surface area contributed by atoms with Gasteiger partial charge in [-0.25, -0.2) is 4.39 Å². The maximum Gasteiger partial charge on any atom is 0.241 e. The Labute approximate surface area is 162 Å². The maximum absolute atomic E-state index is 13.2. The fourth-order valence-corrected chi connectivity index (χ4v) is 3.88. The summed E-state index contributed by atoms with van der Waals surface area (Å²) in [5, 5.41) is 6.85. The topological polar surface area (TPSA) is 52.7 Å². The largest absolute Gasteiger partial charge is 0.340 e. The van der Waals surface area contributed by atoms with Crippen molar-refractivity contribution >= 4 is 28.8 Å². The molecule has 0 saturated carbocycles. The molecule has 5 nitrogen and oxygen atoms in total. The van der Waals surface area contributed by atoms with Gasteiger partial charge in [0.15, 0.2) is 0 Å². The molecule has 1 aliphatic rings. The van der Waals surface area contributed by atoms with Gasteiger partial charge in [0, 0.05) is 38.3 Å². The van der Waals surface area contributed by atoms with Gasteiger partial charge in [0.1, 0.15) is 5.82 Å². The lowest BCUT2D eigenvalue weighted by atomic mass is 10.1. The van der Waals surface area contributed by atoms with Crippen LogP contribution in [-0.4, -0.2) is 53.8 Å². The normalized spacial score (nSPS) is 16.1. The SMILES string of the molecule is C[C@H](C(=O)Nc1cccc(F)c1)N1CCN(C(=O)CCc2ccsc2)CC1. The number of amides is 2. The zero-order valence-electron chi connectivity index (χ0n) is 15.4. The fourth-order valence-electron chi connectivity index (χ4n) is 3.18. The quantitative estimate of drug-likeness (QED) is 0.826. The van der Waals surface area contributed by atoms with E-state index in [0.717, 1.165) is 6.42 Å². The Morgan fingerprint density at radius 3 is 2.67 bits per heavy atom. The molecule has 1 aliphatic heterocycles. The number of thiophene rings is 1. The molecule has 1 N–H and O–H groups in total. The van der Waals surface area contributed by atoms with Crippen molar-refractivity contribution in [1.82, 2.24) is 9.80 Å². The van der Waals surface area contributed by atoms with Crippen LogP contribution >= 0.6 is 11.3 Å². The first kappa shape index (κ1) is 19.5. The minimum Gasteiger partial charge on any atom is -0.340 e. The number of benzene rings is 1. The third-order valence-corrected chi connectivity index (χ3v) is 5.63. The molecule has 0 spiro atoms. The molecular formula is C20H24FN3O2S. The monoisotopic (exact) mass is 389 g/mol. The smallest absolute Gasteiger partial charge is 0.241 e. The summed E-state index contributed by atoms with van der Waals surface area (Å²) in [4.78, 5) is 28.7. The summed E-state index contributed by atoms with van der Waals surface area (Å²) < 4.78 is 13.2. The summed E-state index contributed by atoms with van der Waals surface area (Å²) in [6.07, 6.45) is 1.29. The number of anilines is 1. The van der Waals surface area contributed by atoms with E-state index in [1.807, 2.05) is 17.2 Å². The molecule has 27 heavy (non-hydrogen) atoms. The van der Waals surface area contributed by atoms with E-state index in [2.05, 4.69) is 21.7 Å². The van der Waals surface area contributed by atoms with E-state index in [0.29, 0.717) is 38.3 Å². The Kier molecular flexibility index (Phi) is 6.58. The van der Waals surface area contributed by atoms with Crippen LogP contribution in [0.15, 0.2) is 41.1 Å². The zero-order chi connectivity index (χ0) is 19.2. The molecule has 1 saturated heterocycles. The van der Waals surface area contributed by atoms with E-state index in [9.17, 15) is 14.0 Å². The summed E-state index contributed by atoms with van der Waals surface area (Å²) >= 11 is 1.64. The predicted octanol–water partition coefficient (Wildman–Crippen LogP) is 2.99. The lowest BCUT2D eigenvalue weighted by Crippen LogP contribution is -2.54. The van der Waals surface area contributed by atoms with Gasteiger partial charge in [-0.1, -0.05) is 6.07 Å². The van der Waals surface area contributed by atoms with Crippen molar-refractivity contribution in [3.8, 4) is 0 Å². The molecular weight excluding hydrogens is 365 g/mol. The summed E-state index contributed by atoms with van der Waals surface area (Å²) in [5.41, 5.74) is 1.66. The first-order valence-electron chi connectivity index (χ1n) is 9.12. The molecule has 1 aromatic carbocycles. The Bertz CT molecular complexity index is 773. The minimum absolute atomic E-state index is 0.165. The average Bonchev–Trinajstić information content (AvgIpc) is 3.19. The number of carbonyl (C=O) groups is 2. The van der Waals surface area contributed by atoms with Crippen LogP contribution < -0.4 is 5.32 Å². The molecule has 1 fully saturated rings. The van der Waals surface area contributed by atoms with Gasteiger partial charge in [-0.3, -0.25) is 14.5 Å². The molecule has 1 atom stereocenters. The molecule has 2 aromatic rings. The van der Waals surface area contributed by atoms with Gasteiger partial charge >= 0.3 is 0 Å². The molecule has 2 amide bonds. The molecule has 2 heterocycles. The molecule has 144 valence electrons. The molecule has 0 aliphatic carbocycles. The Balaban J connectivity index is 1.45.